The van der Waals surface area contributed by atoms with Crippen molar-refractivity contribution in [3.05, 3.63) is 155 Å². The fourth-order valence-electron chi connectivity index (χ4n) is 5.42. The van der Waals surface area contributed by atoms with Gasteiger partial charge in [-0.3, -0.25) is 9.69 Å². The minimum Gasteiger partial charge on any atom is -0.493 e. The number of benzene rings is 4. The van der Waals surface area contributed by atoms with Gasteiger partial charge in [-0.25, -0.2) is 4.39 Å². The number of amides is 1. The summed E-state index contributed by atoms with van der Waals surface area (Å²) in [6.07, 6.45) is 0.750. The molecule has 0 spiro atoms. The SMILES string of the molecule is COc1ccc(CN(Cc2cccc(F)c2)Cc2ccc(C(=O)NCCC(c3ccccc3)c3ccccc3)o2)cc1OC. The van der Waals surface area contributed by atoms with Gasteiger partial charge in [0.1, 0.15) is 11.6 Å². The number of halogens is 1. The van der Waals surface area contributed by atoms with Crippen molar-refractivity contribution in [2.75, 3.05) is 20.8 Å². The summed E-state index contributed by atoms with van der Waals surface area (Å²) in [4.78, 5) is 15.2. The standard InChI is InChI=1S/C37H37FN2O4/c1-42-34-18-16-28(23-36(34)43-2)25-40(24-27-10-9-15-31(38)22-27)26-32-17-19-35(44-32)37(41)39-21-20-33(29-11-5-3-6-12-29)30-13-7-4-8-14-30/h3-19,22-23,33H,20-21,24-26H2,1-2H3,(H,39,41). The van der Waals surface area contributed by atoms with E-state index in [4.69, 9.17) is 13.9 Å². The van der Waals surface area contributed by atoms with Gasteiger partial charge in [0, 0.05) is 25.6 Å². The van der Waals surface area contributed by atoms with Crippen LogP contribution >= 0.6 is 0 Å². The largest absolute Gasteiger partial charge is 0.493 e. The molecule has 0 aliphatic heterocycles. The molecule has 1 heterocycles. The molecule has 0 fully saturated rings. The highest BCUT2D eigenvalue weighted by atomic mass is 19.1. The van der Waals surface area contributed by atoms with Gasteiger partial charge in [-0.15, -0.1) is 0 Å². The first kappa shape index (κ1) is 30.6. The van der Waals surface area contributed by atoms with Crippen LogP contribution in [0.3, 0.4) is 0 Å². The van der Waals surface area contributed by atoms with Gasteiger partial charge < -0.3 is 19.2 Å². The number of methoxy groups -OCH3 is 2. The zero-order chi connectivity index (χ0) is 30.7. The van der Waals surface area contributed by atoms with Crippen LogP contribution in [0.2, 0.25) is 0 Å². The first-order valence-electron chi connectivity index (χ1n) is 14.7. The lowest BCUT2D eigenvalue weighted by atomic mass is 9.88. The number of nitrogens with zero attached hydrogens (tertiary/aromatic N) is 1. The second kappa shape index (κ2) is 15.0. The molecule has 0 bridgehead atoms. The average molecular weight is 593 g/mol. The predicted molar refractivity (Wildman–Crippen MR) is 169 cm³/mol. The molecule has 6 nitrogen and oxygen atoms in total. The molecule has 0 saturated carbocycles. The Morgan fingerprint density at radius 3 is 2.05 bits per heavy atom. The Bertz CT molecular complexity index is 1600. The van der Waals surface area contributed by atoms with E-state index < -0.39 is 0 Å². The van der Waals surface area contributed by atoms with Crippen LogP contribution in [0.25, 0.3) is 0 Å². The number of ether oxygens (including phenoxy) is 2. The van der Waals surface area contributed by atoms with Crippen molar-refractivity contribution in [2.24, 2.45) is 0 Å². The summed E-state index contributed by atoms with van der Waals surface area (Å²) in [5, 5.41) is 3.03. The summed E-state index contributed by atoms with van der Waals surface area (Å²) >= 11 is 0. The second-order valence-electron chi connectivity index (χ2n) is 10.6. The maximum absolute atomic E-state index is 14.0. The summed E-state index contributed by atoms with van der Waals surface area (Å²) in [5.74, 6) is 1.80. The number of hydrogen-bond donors (Lipinski definition) is 1. The molecular formula is C37H37FN2O4. The van der Waals surface area contributed by atoms with Gasteiger partial charge in [0.15, 0.2) is 17.3 Å². The van der Waals surface area contributed by atoms with E-state index in [9.17, 15) is 9.18 Å². The summed E-state index contributed by atoms with van der Waals surface area (Å²) in [5.41, 5.74) is 4.25. The molecule has 44 heavy (non-hydrogen) atoms. The molecule has 5 rings (SSSR count). The highest BCUT2D eigenvalue weighted by Crippen LogP contribution is 2.29. The number of rotatable bonds is 14. The van der Waals surface area contributed by atoms with Crippen molar-refractivity contribution in [2.45, 2.75) is 32.0 Å². The fraction of sp³-hybridized carbons (Fsp3) is 0.216. The van der Waals surface area contributed by atoms with Gasteiger partial charge >= 0.3 is 0 Å². The minimum atomic E-state index is -0.285. The van der Waals surface area contributed by atoms with E-state index in [0.29, 0.717) is 43.4 Å². The molecule has 1 aromatic heterocycles. The molecule has 4 aromatic carbocycles. The van der Waals surface area contributed by atoms with Crippen LogP contribution in [0.5, 0.6) is 11.5 Å². The van der Waals surface area contributed by atoms with E-state index >= 15 is 0 Å². The van der Waals surface area contributed by atoms with Crippen molar-refractivity contribution < 1.29 is 23.1 Å². The molecule has 0 radical (unpaired) electrons. The molecule has 0 aliphatic rings. The zero-order valence-electron chi connectivity index (χ0n) is 25.0. The normalized spacial score (nSPS) is 11.1. The van der Waals surface area contributed by atoms with Crippen LogP contribution in [0, 0.1) is 5.82 Å². The highest BCUT2D eigenvalue weighted by Gasteiger charge is 2.18. The van der Waals surface area contributed by atoms with Crippen molar-refractivity contribution in [3.63, 3.8) is 0 Å². The number of furan rings is 1. The third-order valence-electron chi connectivity index (χ3n) is 7.54. The average Bonchev–Trinajstić information content (AvgIpc) is 3.52. The molecule has 5 aromatic rings. The van der Waals surface area contributed by atoms with Gasteiger partial charge in [-0.2, -0.15) is 0 Å². The molecular weight excluding hydrogens is 555 g/mol. The van der Waals surface area contributed by atoms with Crippen molar-refractivity contribution in [3.8, 4) is 11.5 Å². The number of carbonyl (C=O) groups is 1. The predicted octanol–water partition coefficient (Wildman–Crippen LogP) is 7.59. The van der Waals surface area contributed by atoms with Gasteiger partial charge in [-0.05, 0) is 65.1 Å². The van der Waals surface area contributed by atoms with Crippen molar-refractivity contribution in [1.82, 2.24) is 10.2 Å². The van der Waals surface area contributed by atoms with Crippen LogP contribution in [0.1, 0.15) is 50.9 Å². The van der Waals surface area contributed by atoms with E-state index in [2.05, 4.69) is 34.5 Å². The Labute approximate surface area is 258 Å². The Hall–Kier alpha value is -4.88. The molecule has 226 valence electrons. The smallest absolute Gasteiger partial charge is 0.286 e. The van der Waals surface area contributed by atoms with Crippen LogP contribution in [-0.2, 0) is 19.6 Å². The Balaban J connectivity index is 1.25. The molecule has 7 heteroatoms. The number of nitrogens with one attached hydrogen (secondary N) is 1. The third kappa shape index (κ3) is 8.14. The lowest BCUT2D eigenvalue weighted by Crippen LogP contribution is -2.25. The van der Waals surface area contributed by atoms with Crippen LogP contribution < -0.4 is 14.8 Å². The first-order valence-corrected chi connectivity index (χ1v) is 14.7. The van der Waals surface area contributed by atoms with Gasteiger partial charge in [0.25, 0.3) is 5.91 Å². The Morgan fingerprint density at radius 2 is 1.41 bits per heavy atom. The molecule has 0 saturated heterocycles. The lowest BCUT2D eigenvalue weighted by Gasteiger charge is -2.22. The monoisotopic (exact) mass is 592 g/mol. The number of carbonyl (C=O) groups excluding carboxylic acids is 1. The summed E-state index contributed by atoms with van der Waals surface area (Å²) < 4.78 is 30.8. The number of hydrogen-bond acceptors (Lipinski definition) is 5. The van der Waals surface area contributed by atoms with Gasteiger partial charge in [-0.1, -0.05) is 78.9 Å². The topological polar surface area (TPSA) is 63.9 Å². The minimum absolute atomic E-state index is 0.165. The fourth-order valence-corrected chi connectivity index (χ4v) is 5.42. The molecule has 1 amide bonds. The molecule has 0 atom stereocenters. The quantitative estimate of drug-likeness (QED) is 0.144. The van der Waals surface area contributed by atoms with E-state index in [1.54, 1.807) is 26.4 Å². The first-order chi connectivity index (χ1) is 21.5. The van der Waals surface area contributed by atoms with Gasteiger partial charge in [0.05, 0.1) is 20.8 Å². The summed E-state index contributed by atoms with van der Waals surface area (Å²) in [7, 11) is 3.20. The van der Waals surface area contributed by atoms with Crippen LogP contribution in [0.15, 0.2) is 120 Å². The zero-order valence-corrected chi connectivity index (χ0v) is 25.0. The van der Waals surface area contributed by atoms with E-state index in [1.165, 1.54) is 23.3 Å². The van der Waals surface area contributed by atoms with E-state index in [-0.39, 0.29) is 23.4 Å². The molecule has 1 N–H and O–H groups in total. The second-order valence-corrected chi connectivity index (χ2v) is 10.6. The highest BCUT2D eigenvalue weighted by molar-refractivity contribution is 5.91. The summed E-state index contributed by atoms with van der Waals surface area (Å²) in [6, 6.07) is 36.5. The Kier molecular flexibility index (Phi) is 10.4. The van der Waals surface area contributed by atoms with Crippen LogP contribution in [0.4, 0.5) is 4.39 Å². The molecule has 0 aliphatic carbocycles. The van der Waals surface area contributed by atoms with Crippen molar-refractivity contribution >= 4 is 5.91 Å². The Morgan fingerprint density at radius 1 is 0.750 bits per heavy atom. The maximum Gasteiger partial charge on any atom is 0.286 e. The van der Waals surface area contributed by atoms with Crippen molar-refractivity contribution in [1.29, 1.82) is 0 Å². The summed E-state index contributed by atoms with van der Waals surface area (Å²) in [6.45, 7) is 1.94. The molecule has 0 unspecified atom stereocenters. The van der Waals surface area contributed by atoms with E-state index in [0.717, 1.165) is 17.5 Å². The van der Waals surface area contributed by atoms with Gasteiger partial charge in [0.2, 0.25) is 0 Å². The third-order valence-corrected chi connectivity index (χ3v) is 7.54. The van der Waals surface area contributed by atoms with E-state index in [1.807, 2.05) is 66.7 Å². The maximum atomic E-state index is 14.0. The van der Waals surface area contributed by atoms with Crippen LogP contribution in [-0.4, -0.2) is 31.6 Å². The lowest BCUT2D eigenvalue weighted by molar-refractivity contribution is 0.0920.